The monoisotopic (exact) mass is 243 g/mol. The van der Waals surface area contributed by atoms with Gasteiger partial charge in [0.25, 0.3) is 0 Å². The molecular weight excluding hydrogens is 222 g/mol. The molecule has 0 fully saturated rings. The van der Waals surface area contributed by atoms with E-state index in [9.17, 15) is 0 Å². The fourth-order valence-corrected chi connectivity index (χ4v) is 2.31. The molecule has 0 aliphatic carbocycles. The van der Waals surface area contributed by atoms with E-state index in [4.69, 9.17) is 4.42 Å². The van der Waals surface area contributed by atoms with Gasteiger partial charge in [-0.3, -0.25) is 0 Å². The summed E-state index contributed by atoms with van der Waals surface area (Å²) in [6.07, 6.45) is 0. The van der Waals surface area contributed by atoms with Gasteiger partial charge in [0.2, 0.25) is 0 Å². The molecule has 0 bridgehead atoms. The Morgan fingerprint density at radius 2 is 1.78 bits per heavy atom. The van der Waals surface area contributed by atoms with Gasteiger partial charge in [-0.2, -0.15) is 0 Å². The van der Waals surface area contributed by atoms with E-state index in [-0.39, 0.29) is 6.04 Å². The van der Waals surface area contributed by atoms with Gasteiger partial charge in [0.1, 0.15) is 11.5 Å². The van der Waals surface area contributed by atoms with Crippen molar-refractivity contribution in [1.29, 1.82) is 0 Å². The molecule has 0 saturated heterocycles. The highest BCUT2D eigenvalue weighted by Gasteiger charge is 2.17. The fourth-order valence-electron chi connectivity index (χ4n) is 2.31. The summed E-state index contributed by atoms with van der Waals surface area (Å²) >= 11 is 0. The minimum absolute atomic E-state index is 0.216. The molecule has 2 rings (SSSR count). The maximum absolute atomic E-state index is 5.65. The number of hydrogen-bond acceptors (Lipinski definition) is 2. The molecule has 2 aromatic rings. The quantitative estimate of drug-likeness (QED) is 0.881. The van der Waals surface area contributed by atoms with Crippen molar-refractivity contribution in [2.45, 2.75) is 33.7 Å². The molecule has 0 aliphatic rings. The molecule has 1 heterocycles. The molecular formula is C16H21NO. The number of nitrogens with one attached hydrogen (secondary N) is 1. The normalized spacial score (nSPS) is 12.7. The van der Waals surface area contributed by atoms with Crippen LogP contribution in [0.5, 0.6) is 0 Å². The maximum atomic E-state index is 5.65. The van der Waals surface area contributed by atoms with Gasteiger partial charge in [0.05, 0.1) is 6.04 Å². The van der Waals surface area contributed by atoms with Crippen molar-refractivity contribution >= 4 is 0 Å². The summed E-state index contributed by atoms with van der Waals surface area (Å²) in [4.78, 5) is 0. The van der Waals surface area contributed by atoms with Crippen molar-refractivity contribution in [2.75, 3.05) is 6.54 Å². The Balaban J connectivity index is 2.39. The van der Waals surface area contributed by atoms with Crippen molar-refractivity contribution < 1.29 is 4.42 Å². The van der Waals surface area contributed by atoms with Crippen molar-refractivity contribution in [1.82, 2.24) is 5.32 Å². The molecule has 1 aromatic heterocycles. The smallest absolute Gasteiger partial charge is 0.106 e. The molecule has 1 atom stereocenters. The van der Waals surface area contributed by atoms with Gasteiger partial charge in [0, 0.05) is 5.56 Å². The average molecular weight is 243 g/mol. The third kappa shape index (κ3) is 2.65. The summed E-state index contributed by atoms with van der Waals surface area (Å²) in [5.41, 5.74) is 3.80. The van der Waals surface area contributed by atoms with Crippen molar-refractivity contribution in [3.8, 4) is 0 Å². The zero-order chi connectivity index (χ0) is 13.1. The molecule has 2 nitrogen and oxygen atoms in total. The predicted molar refractivity (Wildman–Crippen MR) is 74.9 cm³/mol. The first-order valence-electron chi connectivity index (χ1n) is 6.48. The second-order valence-corrected chi connectivity index (χ2v) is 4.77. The fraction of sp³-hybridized carbons (Fsp3) is 0.375. The standard InChI is InChI=1S/C16H21NO/c1-5-17-16(14-8-6-11(2)7-9-14)15-10-12(3)18-13(15)4/h6-10,16-17H,5H2,1-4H3. The van der Waals surface area contributed by atoms with Crippen LogP contribution in [0.15, 0.2) is 34.7 Å². The van der Waals surface area contributed by atoms with Crippen molar-refractivity contribution in [3.63, 3.8) is 0 Å². The van der Waals surface area contributed by atoms with E-state index >= 15 is 0 Å². The summed E-state index contributed by atoms with van der Waals surface area (Å²) in [6.45, 7) is 9.19. The first-order valence-corrected chi connectivity index (χ1v) is 6.48. The van der Waals surface area contributed by atoms with Crippen LogP contribution in [0.4, 0.5) is 0 Å². The minimum Gasteiger partial charge on any atom is -0.466 e. The molecule has 0 amide bonds. The third-order valence-electron chi connectivity index (χ3n) is 3.21. The van der Waals surface area contributed by atoms with Crippen LogP contribution in [0.25, 0.3) is 0 Å². The second kappa shape index (κ2) is 5.40. The maximum Gasteiger partial charge on any atom is 0.106 e. The topological polar surface area (TPSA) is 25.2 Å². The lowest BCUT2D eigenvalue weighted by Crippen LogP contribution is -2.22. The Morgan fingerprint density at radius 1 is 1.11 bits per heavy atom. The SMILES string of the molecule is CCNC(c1ccc(C)cc1)c1cc(C)oc1C. The van der Waals surface area contributed by atoms with E-state index in [1.807, 2.05) is 13.8 Å². The van der Waals surface area contributed by atoms with Crippen molar-refractivity contribution in [2.24, 2.45) is 0 Å². The van der Waals surface area contributed by atoms with Crippen LogP contribution in [0.2, 0.25) is 0 Å². The van der Waals surface area contributed by atoms with Gasteiger partial charge in [0.15, 0.2) is 0 Å². The van der Waals surface area contributed by atoms with E-state index in [2.05, 4.69) is 49.5 Å². The second-order valence-electron chi connectivity index (χ2n) is 4.77. The van der Waals surface area contributed by atoms with Gasteiger partial charge in [-0.25, -0.2) is 0 Å². The summed E-state index contributed by atoms with van der Waals surface area (Å²) < 4.78 is 5.65. The van der Waals surface area contributed by atoms with Gasteiger partial charge in [-0.15, -0.1) is 0 Å². The Labute approximate surface area is 109 Å². The molecule has 1 aromatic carbocycles. The Hall–Kier alpha value is -1.54. The Bertz CT molecular complexity index is 510. The van der Waals surface area contributed by atoms with E-state index in [1.54, 1.807) is 0 Å². The molecule has 0 radical (unpaired) electrons. The van der Waals surface area contributed by atoms with Gasteiger partial charge in [-0.1, -0.05) is 36.8 Å². The molecule has 0 aliphatic heterocycles. The zero-order valence-corrected chi connectivity index (χ0v) is 11.6. The van der Waals surface area contributed by atoms with Crippen LogP contribution in [0, 0.1) is 20.8 Å². The lowest BCUT2D eigenvalue weighted by Gasteiger charge is -2.18. The van der Waals surface area contributed by atoms with E-state index in [1.165, 1.54) is 16.7 Å². The average Bonchev–Trinajstić information content (AvgIpc) is 2.67. The van der Waals surface area contributed by atoms with Crippen molar-refractivity contribution in [3.05, 3.63) is 58.5 Å². The Kier molecular flexibility index (Phi) is 3.87. The van der Waals surface area contributed by atoms with Crippen LogP contribution < -0.4 is 5.32 Å². The first kappa shape index (κ1) is 12.9. The van der Waals surface area contributed by atoms with Crippen LogP contribution in [-0.4, -0.2) is 6.54 Å². The summed E-state index contributed by atoms with van der Waals surface area (Å²) in [6, 6.07) is 11.0. The highest BCUT2D eigenvalue weighted by Crippen LogP contribution is 2.27. The molecule has 0 saturated carbocycles. The van der Waals surface area contributed by atoms with E-state index < -0.39 is 0 Å². The Morgan fingerprint density at radius 3 is 2.28 bits per heavy atom. The highest BCUT2D eigenvalue weighted by atomic mass is 16.3. The van der Waals surface area contributed by atoms with E-state index in [0.29, 0.717) is 0 Å². The summed E-state index contributed by atoms with van der Waals surface area (Å²) in [5.74, 6) is 1.97. The minimum atomic E-state index is 0.216. The molecule has 2 heteroatoms. The lowest BCUT2D eigenvalue weighted by molar-refractivity contribution is 0.495. The number of hydrogen-bond donors (Lipinski definition) is 1. The number of aryl methyl sites for hydroxylation is 3. The number of furan rings is 1. The number of rotatable bonds is 4. The predicted octanol–water partition coefficient (Wildman–Crippen LogP) is 3.90. The van der Waals surface area contributed by atoms with Gasteiger partial charge in [-0.05, 0) is 38.9 Å². The molecule has 1 N–H and O–H groups in total. The summed E-state index contributed by atoms with van der Waals surface area (Å²) in [7, 11) is 0. The lowest BCUT2D eigenvalue weighted by atomic mass is 9.98. The third-order valence-corrected chi connectivity index (χ3v) is 3.21. The zero-order valence-electron chi connectivity index (χ0n) is 11.6. The first-order chi connectivity index (χ1) is 8.61. The highest BCUT2D eigenvalue weighted by molar-refractivity contribution is 5.35. The molecule has 0 spiro atoms. The van der Waals surface area contributed by atoms with Crippen LogP contribution in [0.1, 0.15) is 41.2 Å². The van der Waals surface area contributed by atoms with Gasteiger partial charge < -0.3 is 9.73 Å². The largest absolute Gasteiger partial charge is 0.466 e. The van der Waals surface area contributed by atoms with Crippen LogP contribution >= 0.6 is 0 Å². The van der Waals surface area contributed by atoms with E-state index in [0.717, 1.165) is 18.1 Å². The molecule has 1 unspecified atom stereocenters. The molecule has 18 heavy (non-hydrogen) atoms. The molecule has 96 valence electrons. The summed E-state index contributed by atoms with van der Waals surface area (Å²) in [5, 5.41) is 3.53. The van der Waals surface area contributed by atoms with Gasteiger partial charge >= 0.3 is 0 Å². The number of benzene rings is 1. The van der Waals surface area contributed by atoms with Crippen LogP contribution in [0.3, 0.4) is 0 Å². The van der Waals surface area contributed by atoms with Crippen LogP contribution in [-0.2, 0) is 0 Å².